The number of benzene rings is 2. The number of rotatable bonds is 5. The normalized spacial score (nSPS) is 20.7. The molecular formula is C29H38N2O4S. The van der Waals surface area contributed by atoms with Crippen LogP contribution in [0.5, 0.6) is 0 Å². The van der Waals surface area contributed by atoms with Gasteiger partial charge < -0.3 is 9.64 Å². The summed E-state index contributed by atoms with van der Waals surface area (Å²) in [6, 6.07) is 18.5. The van der Waals surface area contributed by atoms with Gasteiger partial charge >= 0.3 is 0 Å². The molecule has 2 aliphatic rings. The molecule has 0 saturated carbocycles. The van der Waals surface area contributed by atoms with E-state index in [1.165, 1.54) is 17.5 Å². The van der Waals surface area contributed by atoms with Crippen LogP contribution >= 0.6 is 0 Å². The number of para-hydroxylation sites is 1. The third kappa shape index (κ3) is 6.65. The quantitative estimate of drug-likeness (QED) is 0.535. The third-order valence-corrected chi connectivity index (χ3v) is 8.38. The Morgan fingerprint density at radius 3 is 2.08 bits per heavy atom. The number of allylic oxidation sites excluding steroid dienone is 2. The fourth-order valence-corrected chi connectivity index (χ4v) is 6.05. The summed E-state index contributed by atoms with van der Waals surface area (Å²) in [6.07, 6.45) is 7.71. The van der Waals surface area contributed by atoms with Gasteiger partial charge in [0.15, 0.2) is 9.84 Å². The summed E-state index contributed by atoms with van der Waals surface area (Å²) in [5.41, 5.74) is 4.33. The maximum Gasteiger partial charge on any atom is 0.293 e. The van der Waals surface area contributed by atoms with Crippen LogP contribution in [-0.4, -0.2) is 62.7 Å². The van der Waals surface area contributed by atoms with E-state index >= 15 is 0 Å². The number of anilines is 1. The van der Waals surface area contributed by atoms with Crippen molar-refractivity contribution in [1.29, 1.82) is 0 Å². The van der Waals surface area contributed by atoms with Gasteiger partial charge in [0, 0.05) is 44.5 Å². The van der Waals surface area contributed by atoms with Gasteiger partial charge in [-0.25, -0.2) is 8.42 Å². The van der Waals surface area contributed by atoms with Crippen LogP contribution in [0, 0.1) is 6.92 Å². The Morgan fingerprint density at radius 2 is 1.56 bits per heavy atom. The van der Waals surface area contributed by atoms with Gasteiger partial charge in [-0.05, 0) is 56.5 Å². The van der Waals surface area contributed by atoms with E-state index in [2.05, 4.69) is 45.7 Å². The van der Waals surface area contributed by atoms with Gasteiger partial charge in [0.25, 0.3) is 6.47 Å². The number of carbonyl (C=O) groups excluding carboxylic acids is 1. The number of hydrogen-bond acceptors (Lipinski definition) is 6. The fraction of sp³-hybridized carbons (Fsp3) is 0.414. The molecule has 0 N–H and O–H groups in total. The smallest absolute Gasteiger partial charge is 0.293 e. The Bertz CT molecular complexity index is 1190. The molecule has 0 amide bonds. The minimum atomic E-state index is -3.34. The van der Waals surface area contributed by atoms with Gasteiger partial charge in [-0.2, -0.15) is 0 Å². The van der Waals surface area contributed by atoms with Crippen molar-refractivity contribution in [1.82, 2.24) is 4.90 Å². The highest BCUT2D eigenvalue weighted by Gasteiger charge is 2.46. The van der Waals surface area contributed by atoms with Crippen molar-refractivity contribution in [3.63, 3.8) is 0 Å². The van der Waals surface area contributed by atoms with Crippen LogP contribution in [0.4, 0.5) is 5.69 Å². The Kier molecular flexibility index (Phi) is 8.80. The number of aryl methyl sites for hydroxylation is 1. The molecule has 1 aliphatic heterocycles. The lowest BCUT2D eigenvalue weighted by Gasteiger charge is -2.47. The third-order valence-electron chi connectivity index (χ3n) is 6.56. The van der Waals surface area contributed by atoms with E-state index in [0.717, 1.165) is 24.2 Å². The van der Waals surface area contributed by atoms with E-state index in [1.807, 2.05) is 69.3 Å². The molecule has 1 fully saturated rings. The minimum Gasteiger partial charge on any atom is -0.462 e. The molecule has 1 saturated heterocycles. The summed E-state index contributed by atoms with van der Waals surface area (Å²) in [7, 11) is -3.34. The van der Waals surface area contributed by atoms with E-state index in [-0.39, 0.29) is 5.60 Å². The van der Waals surface area contributed by atoms with Crippen molar-refractivity contribution < 1.29 is 17.9 Å². The first-order valence-electron chi connectivity index (χ1n) is 12.3. The molecule has 1 atom stereocenters. The van der Waals surface area contributed by atoms with Crippen molar-refractivity contribution in [2.75, 3.05) is 37.3 Å². The zero-order chi connectivity index (χ0) is 26.4. The number of hydrogen-bond donors (Lipinski definition) is 0. The van der Waals surface area contributed by atoms with E-state index in [1.54, 1.807) is 0 Å². The van der Waals surface area contributed by atoms with Crippen molar-refractivity contribution >= 4 is 27.6 Å². The maximum atomic E-state index is 13.1. The monoisotopic (exact) mass is 510 g/mol. The number of piperazine rings is 1. The lowest BCUT2D eigenvalue weighted by Crippen LogP contribution is -2.60. The predicted octanol–water partition coefficient (Wildman–Crippen LogP) is 4.86. The first-order chi connectivity index (χ1) is 17.0. The average Bonchev–Trinajstić information content (AvgIpc) is 2.84. The van der Waals surface area contributed by atoms with Gasteiger partial charge in [-0.1, -0.05) is 60.7 Å². The van der Waals surface area contributed by atoms with E-state index in [0.29, 0.717) is 26.0 Å². The van der Waals surface area contributed by atoms with Crippen LogP contribution in [-0.2, 0) is 19.4 Å². The van der Waals surface area contributed by atoms with Crippen molar-refractivity contribution in [2.45, 2.75) is 44.6 Å². The van der Waals surface area contributed by atoms with Crippen LogP contribution in [0.2, 0.25) is 0 Å². The molecule has 1 unspecified atom stereocenters. The van der Waals surface area contributed by atoms with Crippen molar-refractivity contribution in [3.8, 4) is 0 Å². The number of nitrogens with zero attached hydrogens (tertiary/aromatic N) is 2. The molecule has 36 heavy (non-hydrogen) atoms. The Labute approximate surface area is 216 Å². The summed E-state index contributed by atoms with van der Waals surface area (Å²) in [5.74, 6) is 0. The molecule has 4 rings (SSSR count). The molecular weight excluding hydrogens is 472 g/mol. The molecule has 1 aliphatic carbocycles. The van der Waals surface area contributed by atoms with Crippen molar-refractivity contribution in [2.24, 2.45) is 0 Å². The van der Waals surface area contributed by atoms with Crippen LogP contribution in [0.3, 0.4) is 0 Å². The Morgan fingerprint density at radius 1 is 0.944 bits per heavy atom. The standard InChI is InChI=1S/C24H28N2O2S.C5H10O2/c1-20-9-6-7-13-23(20)25-15-17-26(18-16-25)24(29(2,27)28)14-8-12-22(19-24)21-10-4-3-5-11-21;1-5(2,3)7-4-6/h3-14H,15-19H2,1-2H3;4H,1-3H3. The van der Waals surface area contributed by atoms with E-state index in [4.69, 9.17) is 0 Å². The molecule has 0 aromatic heterocycles. The molecule has 2 aromatic rings. The van der Waals surface area contributed by atoms with E-state index < -0.39 is 14.7 Å². The Hall–Kier alpha value is -2.90. The molecule has 194 valence electrons. The predicted molar refractivity (Wildman–Crippen MR) is 148 cm³/mol. The SMILES string of the molecule is CC(C)(C)OC=O.Cc1ccccc1N1CCN(C2(S(C)(=O)=O)C=CC=C(c3ccccc3)C2)CC1. The second-order valence-electron chi connectivity index (χ2n) is 10.3. The zero-order valence-electron chi connectivity index (χ0n) is 22.0. The molecule has 6 nitrogen and oxygen atoms in total. The second-order valence-corrected chi connectivity index (χ2v) is 12.5. The summed E-state index contributed by atoms with van der Waals surface area (Å²) < 4.78 is 30.7. The lowest BCUT2D eigenvalue weighted by molar-refractivity contribution is -0.138. The number of carbonyl (C=O) groups is 1. The topological polar surface area (TPSA) is 66.9 Å². The summed E-state index contributed by atoms with van der Waals surface area (Å²) in [5, 5.41) is 0. The van der Waals surface area contributed by atoms with Crippen LogP contribution < -0.4 is 4.90 Å². The first-order valence-corrected chi connectivity index (χ1v) is 14.2. The highest BCUT2D eigenvalue weighted by molar-refractivity contribution is 7.92. The van der Waals surface area contributed by atoms with Gasteiger partial charge in [0.05, 0.1) is 0 Å². The number of ether oxygens (including phenoxy) is 1. The minimum absolute atomic E-state index is 0.318. The molecule has 1 heterocycles. The zero-order valence-corrected chi connectivity index (χ0v) is 22.8. The van der Waals surface area contributed by atoms with Crippen molar-refractivity contribution in [3.05, 3.63) is 84.0 Å². The summed E-state index contributed by atoms with van der Waals surface area (Å²) >= 11 is 0. The molecule has 2 aromatic carbocycles. The van der Waals surface area contributed by atoms with E-state index in [9.17, 15) is 13.2 Å². The van der Waals surface area contributed by atoms with Gasteiger partial charge in [0.1, 0.15) is 10.5 Å². The summed E-state index contributed by atoms with van der Waals surface area (Å²) in [4.78, 5) is 13.1. The van der Waals surface area contributed by atoms with Gasteiger partial charge in [0.2, 0.25) is 0 Å². The first kappa shape index (κ1) is 27.7. The largest absolute Gasteiger partial charge is 0.462 e. The molecule has 0 radical (unpaired) electrons. The highest BCUT2D eigenvalue weighted by Crippen LogP contribution is 2.39. The maximum absolute atomic E-state index is 13.1. The molecule has 7 heteroatoms. The second kappa shape index (κ2) is 11.4. The van der Waals surface area contributed by atoms with Crippen LogP contribution in [0.1, 0.15) is 38.3 Å². The van der Waals surface area contributed by atoms with Gasteiger partial charge in [-0.15, -0.1) is 0 Å². The van der Waals surface area contributed by atoms with Crippen LogP contribution in [0.25, 0.3) is 5.57 Å². The van der Waals surface area contributed by atoms with Gasteiger partial charge in [-0.3, -0.25) is 9.69 Å². The number of sulfone groups is 1. The Balaban J connectivity index is 0.000000454. The summed E-state index contributed by atoms with van der Waals surface area (Å²) in [6.45, 7) is 11.1. The average molecular weight is 511 g/mol. The highest BCUT2D eigenvalue weighted by atomic mass is 32.2. The fourth-order valence-electron chi connectivity index (χ4n) is 4.65. The molecule has 0 spiro atoms. The molecule has 0 bridgehead atoms. The lowest BCUT2D eigenvalue weighted by atomic mass is 9.92. The van der Waals surface area contributed by atoms with Crippen LogP contribution in [0.15, 0.2) is 72.8 Å².